The zero-order valence-corrected chi connectivity index (χ0v) is 12.5. The molecule has 3 N–H and O–H groups in total. The lowest BCUT2D eigenvalue weighted by Crippen LogP contribution is -2.35. The van der Waals surface area contributed by atoms with Gasteiger partial charge in [0.05, 0.1) is 0 Å². The Morgan fingerprint density at radius 3 is 2.06 bits per heavy atom. The number of nitrogens with two attached hydrogens (primary N) is 1. The summed E-state index contributed by atoms with van der Waals surface area (Å²) in [6.07, 6.45) is 11.9. The molecule has 0 aliphatic carbocycles. The van der Waals surface area contributed by atoms with Crippen LogP contribution in [0.2, 0.25) is 0 Å². The van der Waals surface area contributed by atoms with Crippen LogP contribution in [0, 0.1) is 5.41 Å². The van der Waals surface area contributed by atoms with E-state index in [2.05, 4.69) is 33.1 Å². The van der Waals surface area contributed by atoms with Gasteiger partial charge in [0.1, 0.15) is 0 Å². The molecule has 0 aliphatic rings. The van der Waals surface area contributed by atoms with E-state index < -0.39 is 0 Å². The van der Waals surface area contributed by atoms with Gasteiger partial charge in [-0.3, -0.25) is 11.3 Å². The second-order valence-corrected chi connectivity index (χ2v) is 6.52. The Morgan fingerprint density at radius 2 is 1.53 bits per heavy atom. The molecule has 0 fully saturated rings. The first-order valence-electron chi connectivity index (χ1n) is 7.45. The number of hydrogen-bond donors (Lipinski definition) is 2. The second kappa shape index (κ2) is 9.90. The number of hydrogen-bond acceptors (Lipinski definition) is 2. The normalized spacial score (nSPS) is 13.9. The highest BCUT2D eigenvalue weighted by Crippen LogP contribution is 2.22. The van der Waals surface area contributed by atoms with E-state index in [0.29, 0.717) is 11.5 Å². The molecule has 0 aliphatic heterocycles. The largest absolute Gasteiger partial charge is 0.271 e. The maximum atomic E-state index is 5.61. The number of rotatable bonds is 10. The number of unbranched alkanes of at least 4 members (excludes halogenated alkanes) is 5. The van der Waals surface area contributed by atoms with Crippen LogP contribution in [-0.4, -0.2) is 6.04 Å². The number of hydrazine groups is 1. The van der Waals surface area contributed by atoms with Crippen LogP contribution in [0.25, 0.3) is 0 Å². The van der Waals surface area contributed by atoms with Gasteiger partial charge >= 0.3 is 0 Å². The van der Waals surface area contributed by atoms with Gasteiger partial charge < -0.3 is 0 Å². The molecule has 1 unspecified atom stereocenters. The summed E-state index contributed by atoms with van der Waals surface area (Å²) in [5.74, 6) is 5.61. The van der Waals surface area contributed by atoms with E-state index in [1.54, 1.807) is 0 Å². The maximum absolute atomic E-state index is 5.61. The van der Waals surface area contributed by atoms with Gasteiger partial charge in [-0.25, -0.2) is 0 Å². The molecule has 0 aromatic heterocycles. The summed E-state index contributed by atoms with van der Waals surface area (Å²) in [6, 6.07) is 0.514. The molecule has 1 atom stereocenters. The van der Waals surface area contributed by atoms with E-state index in [-0.39, 0.29) is 0 Å². The summed E-state index contributed by atoms with van der Waals surface area (Å²) in [5.41, 5.74) is 3.40. The fourth-order valence-electron chi connectivity index (χ4n) is 2.09. The van der Waals surface area contributed by atoms with Crippen molar-refractivity contribution in [3.63, 3.8) is 0 Å². The highest BCUT2D eigenvalue weighted by molar-refractivity contribution is 4.69. The minimum atomic E-state index is 0.427. The summed E-state index contributed by atoms with van der Waals surface area (Å²) >= 11 is 0. The fraction of sp³-hybridized carbons (Fsp3) is 1.00. The van der Waals surface area contributed by atoms with Crippen LogP contribution in [0.15, 0.2) is 0 Å². The predicted octanol–water partition coefficient (Wildman–Crippen LogP) is 4.40. The van der Waals surface area contributed by atoms with Crippen molar-refractivity contribution in [1.29, 1.82) is 0 Å². The van der Waals surface area contributed by atoms with E-state index in [4.69, 9.17) is 5.84 Å². The monoisotopic (exact) mass is 242 g/mol. The first kappa shape index (κ1) is 16.9. The Bertz CT molecular complexity index is 161. The Morgan fingerprint density at radius 1 is 0.941 bits per heavy atom. The SMILES string of the molecule is CCCCCCCCC(CCC(C)(C)C)NN. The molecule has 0 amide bonds. The van der Waals surface area contributed by atoms with Crippen molar-refractivity contribution in [1.82, 2.24) is 5.43 Å². The lowest BCUT2D eigenvalue weighted by Gasteiger charge is -2.22. The zero-order valence-electron chi connectivity index (χ0n) is 12.5. The van der Waals surface area contributed by atoms with Crippen LogP contribution in [0.5, 0.6) is 0 Å². The second-order valence-electron chi connectivity index (χ2n) is 6.52. The van der Waals surface area contributed by atoms with E-state index in [0.717, 1.165) is 0 Å². The molecule has 2 nitrogen and oxygen atoms in total. The molecular formula is C15H34N2. The maximum Gasteiger partial charge on any atom is 0.0210 e. The third-order valence-electron chi connectivity index (χ3n) is 3.38. The van der Waals surface area contributed by atoms with Gasteiger partial charge in [0, 0.05) is 6.04 Å². The Kier molecular flexibility index (Phi) is 9.85. The first-order chi connectivity index (χ1) is 7.99. The summed E-state index contributed by atoms with van der Waals surface area (Å²) < 4.78 is 0. The molecule has 0 radical (unpaired) electrons. The van der Waals surface area contributed by atoms with Gasteiger partial charge in [0.15, 0.2) is 0 Å². The molecule has 2 heteroatoms. The highest BCUT2D eigenvalue weighted by atomic mass is 15.2. The highest BCUT2D eigenvalue weighted by Gasteiger charge is 2.14. The fourth-order valence-corrected chi connectivity index (χ4v) is 2.09. The van der Waals surface area contributed by atoms with Crippen LogP contribution in [0.1, 0.15) is 85.5 Å². The molecule has 0 saturated heterocycles. The third kappa shape index (κ3) is 12.2. The molecule has 0 bridgehead atoms. The van der Waals surface area contributed by atoms with Crippen LogP contribution in [0.3, 0.4) is 0 Å². The summed E-state index contributed by atoms with van der Waals surface area (Å²) in [7, 11) is 0. The standard InChI is InChI=1S/C15H34N2/c1-5-6-7-8-9-10-11-14(17-16)12-13-15(2,3)4/h14,17H,5-13,16H2,1-4H3. The summed E-state index contributed by atoms with van der Waals surface area (Å²) in [6.45, 7) is 9.16. The van der Waals surface area contributed by atoms with Crippen molar-refractivity contribution in [3.05, 3.63) is 0 Å². The minimum Gasteiger partial charge on any atom is -0.271 e. The summed E-state index contributed by atoms with van der Waals surface area (Å²) in [4.78, 5) is 0. The van der Waals surface area contributed by atoms with Crippen LogP contribution >= 0.6 is 0 Å². The van der Waals surface area contributed by atoms with Crippen molar-refractivity contribution in [2.45, 2.75) is 91.5 Å². The molecular weight excluding hydrogens is 208 g/mol. The Balaban J connectivity index is 3.48. The predicted molar refractivity (Wildman–Crippen MR) is 77.8 cm³/mol. The van der Waals surface area contributed by atoms with E-state index in [1.807, 2.05) is 0 Å². The van der Waals surface area contributed by atoms with E-state index >= 15 is 0 Å². The van der Waals surface area contributed by atoms with Crippen LogP contribution < -0.4 is 11.3 Å². The Hall–Kier alpha value is -0.0800. The number of nitrogens with one attached hydrogen (secondary N) is 1. The van der Waals surface area contributed by atoms with Gasteiger partial charge in [-0.1, -0.05) is 66.2 Å². The quantitative estimate of drug-likeness (QED) is 0.338. The van der Waals surface area contributed by atoms with Gasteiger partial charge in [-0.15, -0.1) is 0 Å². The van der Waals surface area contributed by atoms with Crippen molar-refractivity contribution < 1.29 is 0 Å². The molecule has 0 rings (SSSR count). The molecule has 104 valence electrons. The van der Waals surface area contributed by atoms with E-state index in [9.17, 15) is 0 Å². The molecule has 0 aromatic carbocycles. The molecule has 0 spiro atoms. The molecule has 0 aromatic rings. The topological polar surface area (TPSA) is 38.0 Å². The first-order valence-corrected chi connectivity index (χ1v) is 7.45. The van der Waals surface area contributed by atoms with E-state index in [1.165, 1.54) is 57.8 Å². The lowest BCUT2D eigenvalue weighted by atomic mass is 9.88. The van der Waals surface area contributed by atoms with Crippen molar-refractivity contribution >= 4 is 0 Å². The average Bonchev–Trinajstić information content (AvgIpc) is 2.26. The van der Waals surface area contributed by atoms with Crippen LogP contribution in [0.4, 0.5) is 0 Å². The van der Waals surface area contributed by atoms with Gasteiger partial charge in [0.25, 0.3) is 0 Å². The van der Waals surface area contributed by atoms with Gasteiger partial charge in [0.2, 0.25) is 0 Å². The minimum absolute atomic E-state index is 0.427. The average molecular weight is 242 g/mol. The van der Waals surface area contributed by atoms with Crippen LogP contribution in [-0.2, 0) is 0 Å². The lowest BCUT2D eigenvalue weighted by molar-refractivity contribution is 0.320. The smallest absolute Gasteiger partial charge is 0.0210 e. The van der Waals surface area contributed by atoms with Crippen molar-refractivity contribution in [3.8, 4) is 0 Å². The van der Waals surface area contributed by atoms with Gasteiger partial charge in [-0.05, 0) is 24.7 Å². The Labute approximate surface area is 109 Å². The van der Waals surface area contributed by atoms with Crippen molar-refractivity contribution in [2.75, 3.05) is 0 Å². The van der Waals surface area contributed by atoms with Gasteiger partial charge in [-0.2, -0.15) is 0 Å². The third-order valence-corrected chi connectivity index (χ3v) is 3.38. The molecule has 0 heterocycles. The molecule has 0 saturated carbocycles. The zero-order chi connectivity index (χ0) is 13.1. The van der Waals surface area contributed by atoms with Crippen molar-refractivity contribution in [2.24, 2.45) is 11.3 Å². The molecule has 17 heavy (non-hydrogen) atoms. The summed E-state index contributed by atoms with van der Waals surface area (Å²) in [5, 5.41) is 0.